The largest absolute Gasteiger partial charge is 0.338 e. The molecule has 1 N–H and O–H groups in total. The quantitative estimate of drug-likeness (QED) is 0.903. The fourth-order valence-corrected chi connectivity index (χ4v) is 3.70. The van der Waals surface area contributed by atoms with Gasteiger partial charge >= 0.3 is 0 Å². The first kappa shape index (κ1) is 16.6. The molecule has 1 aromatic carbocycles. The Morgan fingerprint density at radius 2 is 1.90 bits per heavy atom. The van der Waals surface area contributed by atoms with E-state index >= 15 is 0 Å². The highest BCUT2D eigenvalue weighted by molar-refractivity contribution is 6.31. The van der Waals surface area contributed by atoms with Crippen LogP contribution in [0.1, 0.15) is 31.2 Å². The van der Waals surface area contributed by atoms with Crippen LogP contribution >= 0.6 is 24.0 Å². The minimum absolute atomic E-state index is 0. The van der Waals surface area contributed by atoms with Crippen LogP contribution in [0.3, 0.4) is 0 Å². The minimum Gasteiger partial charge on any atom is -0.338 e. The van der Waals surface area contributed by atoms with Crippen molar-refractivity contribution < 1.29 is 4.79 Å². The molecule has 2 fully saturated rings. The van der Waals surface area contributed by atoms with Gasteiger partial charge in [0, 0.05) is 18.1 Å². The van der Waals surface area contributed by atoms with Gasteiger partial charge in [-0.2, -0.15) is 0 Å². The van der Waals surface area contributed by atoms with Gasteiger partial charge in [0.25, 0.3) is 0 Å². The number of hydrogen-bond donors (Lipinski definition) is 1. The molecule has 0 aliphatic carbocycles. The summed E-state index contributed by atoms with van der Waals surface area (Å²) in [6, 6.07) is 7.82. The second-order valence-corrected chi connectivity index (χ2v) is 6.36. The van der Waals surface area contributed by atoms with E-state index in [2.05, 4.69) is 5.32 Å². The number of likely N-dealkylation sites (tertiary alicyclic amines) is 1. The lowest BCUT2D eigenvalue weighted by atomic mass is 9.72. The van der Waals surface area contributed by atoms with Gasteiger partial charge in [-0.3, -0.25) is 4.79 Å². The van der Waals surface area contributed by atoms with Gasteiger partial charge < -0.3 is 10.2 Å². The molecular weight excluding hydrogens is 307 g/mol. The molecule has 2 saturated heterocycles. The minimum atomic E-state index is -0.106. The van der Waals surface area contributed by atoms with Crippen molar-refractivity contribution in [2.24, 2.45) is 5.41 Å². The summed E-state index contributed by atoms with van der Waals surface area (Å²) in [6.07, 6.45) is 4.11. The van der Waals surface area contributed by atoms with Crippen LogP contribution in [-0.4, -0.2) is 30.4 Å². The lowest BCUT2D eigenvalue weighted by molar-refractivity contribution is -0.149. The SMILES string of the molecule is Cl.O=C1N(Cc2ccccc2Cl)CCCC12CCNCC2. The Morgan fingerprint density at radius 1 is 1.19 bits per heavy atom. The molecule has 0 saturated carbocycles. The molecule has 1 aromatic rings. The van der Waals surface area contributed by atoms with Crippen molar-refractivity contribution in [2.75, 3.05) is 19.6 Å². The Bertz CT molecular complexity index is 495. The van der Waals surface area contributed by atoms with E-state index in [0.29, 0.717) is 12.5 Å². The Labute approximate surface area is 137 Å². The normalized spacial score (nSPS) is 21.2. The number of benzene rings is 1. The zero-order valence-corrected chi connectivity index (χ0v) is 13.7. The lowest BCUT2D eigenvalue weighted by Crippen LogP contribution is -2.52. The van der Waals surface area contributed by atoms with Crippen molar-refractivity contribution >= 4 is 29.9 Å². The molecule has 0 atom stereocenters. The molecule has 0 radical (unpaired) electrons. The zero-order chi connectivity index (χ0) is 14.0. The van der Waals surface area contributed by atoms with E-state index in [1.807, 2.05) is 29.2 Å². The van der Waals surface area contributed by atoms with Gasteiger partial charge in [-0.05, 0) is 50.4 Å². The second-order valence-electron chi connectivity index (χ2n) is 5.95. The summed E-state index contributed by atoms with van der Waals surface area (Å²) in [7, 11) is 0. The van der Waals surface area contributed by atoms with E-state index < -0.39 is 0 Å². The van der Waals surface area contributed by atoms with Gasteiger partial charge in [0.2, 0.25) is 5.91 Å². The number of carbonyl (C=O) groups excluding carboxylic acids is 1. The van der Waals surface area contributed by atoms with Crippen LogP contribution in [0.2, 0.25) is 5.02 Å². The van der Waals surface area contributed by atoms with E-state index in [0.717, 1.165) is 55.9 Å². The third-order valence-electron chi connectivity index (χ3n) is 4.70. The van der Waals surface area contributed by atoms with Crippen LogP contribution < -0.4 is 5.32 Å². The molecule has 1 spiro atoms. The highest BCUT2D eigenvalue weighted by Gasteiger charge is 2.44. The predicted octanol–water partition coefficient (Wildman–Crippen LogP) is 3.25. The van der Waals surface area contributed by atoms with Crippen molar-refractivity contribution in [3.8, 4) is 0 Å². The average molecular weight is 329 g/mol. The smallest absolute Gasteiger partial charge is 0.229 e. The van der Waals surface area contributed by atoms with Crippen molar-refractivity contribution in [1.29, 1.82) is 0 Å². The van der Waals surface area contributed by atoms with E-state index in [-0.39, 0.29) is 17.8 Å². The van der Waals surface area contributed by atoms with Crippen molar-refractivity contribution in [3.63, 3.8) is 0 Å². The Morgan fingerprint density at radius 3 is 2.62 bits per heavy atom. The maximum atomic E-state index is 12.9. The summed E-state index contributed by atoms with van der Waals surface area (Å²) in [4.78, 5) is 14.9. The van der Waals surface area contributed by atoms with Crippen LogP contribution in [0.25, 0.3) is 0 Å². The van der Waals surface area contributed by atoms with E-state index in [1.165, 1.54) is 0 Å². The van der Waals surface area contributed by atoms with Gasteiger partial charge in [0.1, 0.15) is 0 Å². The van der Waals surface area contributed by atoms with E-state index in [9.17, 15) is 4.79 Å². The zero-order valence-electron chi connectivity index (χ0n) is 12.1. The molecule has 2 aliphatic rings. The van der Waals surface area contributed by atoms with Gasteiger partial charge in [0.05, 0.1) is 5.41 Å². The highest BCUT2D eigenvalue weighted by atomic mass is 35.5. The number of carbonyl (C=O) groups is 1. The first-order valence-electron chi connectivity index (χ1n) is 7.45. The Kier molecular flexibility index (Phi) is 5.53. The lowest BCUT2D eigenvalue weighted by Gasteiger charge is -2.44. The summed E-state index contributed by atoms with van der Waals surface area (Å²) in [5.41, 5.74) is 0.943. The van der Waals surface area contributed by atoms with Crippen LogP contribution in [-0.2, 0) is 11.3 Å². The van der Waals surface area contributed by atoms with Crippen LogP contribution in [0.15, 0.2) is 24.3 Å². The van der Waals surface area contributed by atoms with Crippen molar-refractivity contribution in [1.82, 2.24) is 10.2 Å². The van der Waals surface area contributed by atoms with Crippen molar-refractivity contribution in [3.05, 3.63) is 34.9 Å². The number of piperidine rings is 2. The molecule has 0 bridgehead atoms. The highest BCUT2D eigenvalue weighted by Crippen LogP contribution is 2.39. The molecular formula is C16H22Cl2N2O. The summed E-state index contributed by atoms with van der Waals surface area (Å²) < 4.78 is 0. The topological polar surface area (TPSA) is 32.3 Å². The maximum Gasteiger partial charge on any atom is 0.229 e. The third-order valence-corrected chi connectivity index (χ3v) is 5.07. The molecule has 1 amide bonds. The van der Waals surface area contributed by atoms with Gasteiger partial charge in [-0.1, -0.05) is 29.8 Å². The van der Waals surface area contributed by atoms with Crippen molar-refractivity contribution in [2.45, 2.75) is 32.2 Å². The van der Waals surface area contributed by atoms with E-state index in [4.69, 9.17) is 11.6 Å². The standard InChI is InChI=1S/C16H21ClN2O.ClH/c17-14-5-2-1-4-13(14)12-19-11-3-6-16(15(19)20)7-9-18-10-8-16;/h1-2,4-5,18H,3,6-12H2;1H. The number of nitrogens with one attached hydrogen (secondary N) is 1. The van der Waals surface area contributed by atoms with Crippen LogP contribution in [0.4, 0.5) is 0 Å². The molecule has 3 nitrogen and oxygen atoms in total. The fourth-order valence-electron chi connectivity index (χ4n) is 3.50. The maximum absolute atomic E-state index is 12.9. The second kappa shape index (κ2) is 6.99. The van der Waals surface area contributed by atoms with Gasteiger partial charge in [-0.15, -0.1) is 12.4 Å². The fraction of sp³-hybridized carbons (Fsp3) is 0.562. The number of halogens is 2. The Hall–Kier alpha value is -0.770. The Balaban J connectivity index is 0.00000161. The number of rotatable bonds is 2. The first-order valence-corrected chi connectivity index (χ1v) is 7.83. The average Bonchev–Trinajstić information content (AvgIpc) is 2.47. The van der Waals surface area contributed by atoms with E-state index in [1.54, 1.807) is 0 Å². The molecule has 0 aromatic heterocycles. The summed E-state index contributed by atoms with van der Waals surface area (Å²) in [5, 5.41) is 4.11. The molecule has 21 heavy (non-hydrogen) atoms. The van der Waals surface area contributed by atoms with Gasteiger partial charge in [0.15, 0.2) is 0 Å². The number of nitrogens with zero attached hydrogens (tertiary/aromatic N) is 1. The molecule has 5 heteroatoms. The molecule has 116 valence electrons. The molecule has 2 aliphatic heterocycles. The molecule has 2 heterocycles. The monoisotopic (exact) mass is 328 g/mol. The molecule has 0 unspecified atom stereocenters. The first-order chi connectivity index (χ1) is 9.71. The van der Waals surface area contributed by atoms with Crippen LogP contribution in [0, 0.1) is 5.41 Å². The summed E-state index contributed by atoms with van der Waals surface area (Å²) >= 11 is 6.22. The van der Waals surface area contributed by atoms with Crippen LogP contribution in [0.5, 0.6) is 0 Å². The van der Waals surface area contributed by atoms with Gasteiger partial charge in [-0.25, -0.2) is 0 Å². The summed E-state index contributed by atoms with van der Waals surface area (Å²) in [5.74, 6) is 0.338. The predicted molar refractivity (Wildman–Crippen MR) is 87.9 cm³/mol. The number of amides is 1. The summed E-state index contributed by atoms with van der Waals surface area (Å²) in [6.45, 7) is 3.43. The third kappa shape index (κ3) is 3.36. The molecule has 3 rings (SSSR count). The number of hydrogen-bond acceptors (Lipinski definition) is 2.